The van der Waals surface area contributed by atoms with Crippen molar-refractivity contribution in [1.29, 1.82) is 0 Å². The van der Waals surface area contributed by atoms with Crippen LogP contribution in [0.2, 0.25) is 0 Å². The van der Waals surface area contributed by atoms with Crippen LogP contribution in [0.15, 0.2) is 16.8 Å². The van der Waals surface area contributed by atoms with Crippen molar-refractivity contribution in [2.45, 2.75) is 38.1 Å². The minimum absolute atomic E-state index is 0.0624. The maximum Gasteiger partial charge on any atom is 0.311 e. The van der Waals surface area contributed by atoms with Crippen molar-refractivity contribution in [3.05, 3.63) is 22.4 Å². The SMILES string of the molecule is CN1CCC[C@]2(C(=O)O)CCN(C(=O)CCc3ccsc3)C[C@@H]12. The maximum absolute atomic E-state index is 12.5. The number of carboxylic acid groups (broad SMARTS) is 1. The number of thiophene rings is 1. The van der Waals surface area contributed by atoms with Crippen LogP contribution in [0, 0.1) is 5.41 Å². The van der Waals surface area contributed by atoms with Gasteiger partial charge in [0.1, 0.15) is 0 Å². The zero-order valence-corrected chi connectivity index (χ0v) is 14.3. The van der Waals surface area contributed by atoms with E-state index in [9.17, 15) is 14.7 Å². The summed E-state index contributed by atoms with van der Waals surface area (Å²) in [5.41, 5.74) is 0.534. The third-order valence-electron chi connectivity index (χ3n) is 5.51. The van der Waals surface area contributed by atoms with Gasteiger partial charge in [0, 0.05) is 25.6 Å². The van der Waals surface area contributed by atoms with Gasteiger partial charge in [0.2, 0.25) is 5.91 Å². The van der Waals surface area contributed by atoms with E-state index in [2.05, 4.69) is 16.3 Å². The zero-order chi connectivity index (χ0) is 16.4. The predicted octanol–water partition coefficient (Wildman–Crippen LogP) is 2.08. The Morgan fingerprint density at radius 1 is 1.39 bits per heavy atom. The lowest BCUT2D eigenvalue weighted by atomic mass is 9.68. The molecule has 0 aromatic carbocycles. The Morgan fingerprint density at radius 3 is 2.91 bits per heavy atom. The van der Waals surface area contributed by atoms with E-state index in [1.165, 1.54) is 5.56 Å². The number of aliphatic carboxylic acids is 1. The number of carbonyl (C=O) groups excluding carboxylic acids is 1. The summed E-state index contributed by atoms with van der Waals surface area (Å²) in [7, 11) is 1.99. The van der Waals surface area contributed by atoms with Crippen LogP contribution in [0.1, 0.15) is 31.2 Å². The molecule has 0 bridgehead atoms. The second-order valence-corrected chi connectivity index (χ2v) is 7.56. The number of carbonyl (C=O) groups is 2. The fourth-order valence-corrected chi connectivity index (χ4v) is 4.76. The molecule has 0 radical (unpaired) electrons. The smallest absolute Gasteiger partial charge is 0.311 e. The van der Waals surface area contributed by atoms with Gasteiger partial charge in [0.05, 0.1) is 5.41 Å². The average Bonchev–Trinajstić information content (AvgIpc) is 3.06. The molecule has 3 rings (SSSR count). The lowest BCUT2D eigenvalue weighted by Crippen LogP contribution is -2.63. The van der Waals surface area contributed by atoms with Crippen molar-refractivity contribution in [2.24, 2.45) is 5.41 Å². The molecule has 2 atom stereocenters. The number of rotatable bonds is 4. The number of hydrogen-bond acceptors (Lipinski definition) is 4. The Labute approximate surface area is 140 Å². The van der Waals surface area contributed by atoms with Gasteiger partial charge in [-0.2, -0.15) is 11.3 Å². The van der Waals surface area contributed by atoms with E-state index in [-0.39, 0.29) is 11.9 Å². The van der Waals surface area contributed by atoms with Crippen molar-refractivity contribution in [1.82, 2.24) is 9.80 Å². The molecule has 2 aliphatic heterocycles. The monoisotopic (exact) mass is 336 g/mol. The topological polar surface area (TPSA) is 60.9 Å². The molecule has 2 aliphatic rings. The first-order chi connectivity index (χ1) is 11.0. The van der Waals surface area contributed by atoms with Crippen molar-refractivity contribution in [2.75, 3.05) is 26.7 Å². The van der Waals surface area contributed by atoms with Crippen LogP contribution in [0.5, 0.6) is 0 Å². The van der Waals surface area contributed by atoms with Gasteiger partial charge in [-0.3, -0.25) is 9.59 Å². The molecule has 1 amide bonds. The van der Waals surface area contributed by atoms with Gasteiger partial charge < -0.3 is 14.9 Å². The van der Waals surface area contributed by atoms with E-state index in [0.29, 0.717) is 25.9 Å². The number of likely N-dealkylation sites (tertiary alicyclic amines) is 2. The molecule has 2 saturated heterocycles. The van der Waals surface area contributed by atoms with Gasteiger partial charge in [-0.1, -0.05) is 0 Å². The number of amides is 1. The molecule has 5 nitrogen and oxygen atoms in total. The quantitative estimate of drug-likeness (QED) is 0.914. The lowest BCUT2D eigenvalue weighted by molar-refractivity contribution is -0.165. The highest BCUT2D eigenvalue weighted by Gasteiger charge is 2.52. The van der Waals surface area contributed by atoms with Crippen LogP contribution in [-0.4, -0.2) is 59.5 Å². The second kappa shape index (κ2) is 6.61. The van der Waals surface area contributed by atoms with E-state index in [1.807, 2.05) is 17.3 Å². The predicted molar refractivity (Wildman–Crippen MR) is 89.6 cm³/mol. The Hall–Kier alpha value is -1.40. The Balaban J connectivity index is 1.65. The number of piperidine rings is 2. The van der Waals surface area contributed by atoms with E-state index in [0.717, 1.165) is 25.8 Å². The molecular weight excluding hydrogens is 312 g/mol. The summed E-state index contributed by atoms with van der Waals surface area (Å²) < 4.78 is 0. The van der Waals surface area contributed by atoms with Crippen LogP contribution >= 0.6 is 11.3 Å². The molecule has 0 unspecified atom stereocenters. The highest BCUT2D eigenvalue weighted by molar-refractivity contribution is 7.07. The van der Waals surface area contributed by atoms with Gasteiger partial charge in [-0.05, 0) is 61.7 Å². The van der Waals surface area contributed by atoms with Crippen molar-refractivity contribution >= 4 is 23.2 Å². The molecule has 1 aromatic heterocycles. The van der Waals surface area contributed by atoms with Crippen molar-refractivity contribution < 1.29 is 14.7 Å². The third kappa shape index (κ3) is 3.15. The first-order valence-corrected chi connectivity index (χ1v) is 9.20. The number of carboxylic acids is 1. The van der Waals surface area contributed by atoms with Gasteiger partial charge in [-0.25, -0.2) is 0 Å². The van der Waals surface area contributed by atoms with E-state index in [4.69, 9.17) is 0 Å². The summed E-state index contributed by atoms with van der Waals surface area (Å²) in [5, 5.41) is 13.9. The first kappa shape index (κ1) is 16.5. The minimum Gasteiger partial charge on any atom is -0.481 e. The Kier molecular flexibility index (Phi) is 4.73. The van der Waals surface area contributed by atoms with E-state index in [1.54, 1.807) is 11.3 Å². The molecule has 1 aromatic rings. The van der Waals surface area contributed by atoms with Gasteiger partial charge in [0.25, 0.3) is 0 Å². The molecule has 2 fully saturated rings. The van der Waals surface area contributed by atoms with Crippen LogP contribution in [0.4, 0.5) is 0 Å². The van der Waals surface area contributed by atoms with Crippen LogP contribution in [-0.2, 0) is 16.0 Å². The second-order valence-electron chi connectivity index (χ2n) is 6.78. The van der Waals surface area contributed by atoms with Crippen LogP contribution in [0.25, 0.3) is 0 Å². The minimum atomic E-state index is -0.695. The van der Waals surface area contributed by atoms with Crippen LogP contribution in [0.3, 0.4) is 0 Å². The Morgan fingerprint density at radius 2 is 2.22 bits per heavy atom. The van der Waals surface area contributed by atoms with Crippen molar-refractivity contribution in [3.63, 3.8) is 0 Å². The number of hydrogen-bond donors (Lipinski definition) is 1. The first-order valence-electron chi connectivity index (χ1n) is 8.25. The molecule has 0 spiro atoms. The molecule has 126 valence electrons. The van der Waals surface area contributed by atoms with Gasteiger partial charge in [0.15, 0.2) is 0 Å². The van der Waals surface area contributed by atoms with Crippen LogP contribution < -0.4 is 0 Å². The lowest BCUT2D eigenvalue weighted by Gasteiger charge is -2.51. The molecule has 0 saturated carbocycles. The zero-order valence-electron chi connectivity index (χ0n) is 13.5. The maximum atomic E-state index is 12.5. The standard InChI is InChI=1S/C17H24N2O3S/c1-18-8-2-6-17(16(21)22)7-9-19(11-14(17)18)15(20)4-3-13-5-10-23-12-13/h5,10,12,14H,2-4,6-9,11H2,1H3,(H,21,22)/t14-,17+/m1/s1. The van der Waals surface area contributed by atoms with Gasteiger partial charge in [-0.15, -0.1) is 0 Å². The highest BCUT2D eigenvalue weighted by atomic mass is 32.1. The largest absolute Gasteiger partial charge is 0.481 e. The number of likely N-dealkylation sites (N-methyl/N-ethyl adjacent to an activating group) is 1. The average molecular weight is 336 g/mol. The van der Waals surface area contributed by atoms with E-state index < -0.39 is 11.4 Å². The summed E-state index contributed by atoms with van der Waals surface area (Å²) in [6.45, 7) is 2.03. The third-order valence-corrected chi connectivity index (χ3v) is 6.24. The summed E-state index contributed by atoms with van der Waals surface area (Å²) in [6, 6.07) is 1.99. The Bertz CT molecular complexity index is 574. The number of fused-ring (bicyclic) bond motifs is 1. The number of nitrogens with zero attached hydrogens (tertiary/aromatic N) is 2. The summed E-state index contributed by atoms with van der Waals surface area (Å²) in [5.74, 6) is -0.548. The summed E-state index contributed by atoms with van der Waals surface area (Å²) in [6.07, 6.45) is 3.50. The summed E-state index contributed by atoms with van der Waals surface area (Å²) >= 11 is 1.65. The molecule has 0 aliphatic carbocycles. The molecule has 23 heavy (non-hydrogen) atoms. The van der Waals surface area contributed by atoms with Gasteiger partial charge >= 0.3 is 5.97 Å². The highest BCUT2D eigenvalue weighted by Crippen LogP contribution is 2.42. The molecular formula is C17H24N2O3S. The molecule has 1 N–H and O–H groups in total. The molecule has 3 heterocycles. The summed E-state index contributed by atoms with van der Waals surface area (Å²) in [4.78, 5) is 28.4. The van der Waals surface area contributed by atoms with E-state index >= 15 is 0 Å². The molecule has 6 heteroatoms. The fourth-order valence-electron chi connectivity index (χ4n) is 4.06. The van der Waals surface area contributed by atoms with Crippen molar-refractivity contribution in [3.8, 4) is 0 Å². The normalized spacial score (nSPS) is 28.4. The fraction of sp³-hybridized carbons (Fsp3) is 0.647. The number of aryl methyl sites for hydroxylation is 1.